The van der Waals surface area contributed by atoms with Crippen molar-refractivity contribution in [2.45, 2.75) is 70.2 Å². The van der Waals surface area contributed by atoms with Crippen molar-refractivity contribution in [2.24, 2.45) is 5.41 Å². The standard InChI is InChI=1S/C34H38N4O3Si/c1-32(2,3)42(26-11-7-5-8-12-26,27-13-9-6-10-14-27)41-30-17-18-34(22-36-31(39)40-34)21-33(30,4)23-38-24-37-28-16-15-25(20-35)19-29(28)38/h5-16,19,24,30H,17-18,21-23H2,1-4H3,(H,36,39)/t30-,33+,34+/m1/s1. The van der Waals surface area contributed by atoms with Crippen LogP contribution in [0.15, 0.2) is 85.2 Å². The van der Waals surface area contributed by atoms with Gasteiger partial charge in [0, 0.05) is 12.0 Å². The Hall–Kier alpha value is -3.93. The minimum Gasteiger partial charge on any atom is -0.441 e. The molecule has 3 aromatic carbocycles. The normalized spacial score (nSPS) is 24.4. The number of benzene rings is 3. The number of fused-ring (bicyclic) bond motifs is 1. The molecule has 7 nitrogen and oxygen atoms in total. The summed E-state index contributed by atoms with van der Waals surface area (Å²) in [5, 5.41) is 14.8. The van der Waals surface area contributed by atoms with Gasteiger partial charge in [0.25, 0.3) is 8.32 Å². The number of hydrogen-bond donors (Lipinski definition) is 1. The van der Waals surface area contributed by atoms with Gasteiger partial charge in [-0.25, -0.2) is 9.78 Å². The molecular weight excluding hydrogens is 540 g/mol. The maximum Gasteiger partial charge on any atom is 0.407 e. The highest BCUT2D eigenvalue weighted by Gasteiger charge is 2.58. The Morgan fingerprint density at radius 1 is 1.10 bits per heavy atom. The first kappa shape index (κ1) is 28.2. The van der Waals surface area contributed by atoms with Gasteiger partial charge in [-0.15, -0.1) is 0 Å². The van der Waals surface area contributed by atoms with Gasteiger partial charge in [0.1, 0.15) is 5.60 Å². The molecule has 2 fully saturated rings. The molecule has 216 valence electrons. The van der Waals surface area contributed by atoms with Crippen LogP contribution in [-0.4, -0.2) is 42.2 Å². The van der Waals surface area contributed by atoms with Gasteiger partial charge in [-0.2, -0.15) is 5.26 Å². The van der Waals surface area contributed by atoms with E-state index in [4.69, 9.17) is 9.16 Å². The molecule has 4 aromatic rings. The molecule has 1 aliphatic carbocycles. The molecule has 1 aromatic heterocycles. The number of alkyl carbamates (subject to hydrolysis) is 1. The summed E-state index contributed by atoms with van der Waals surface area (Å²) in [5.41, 5.74) is 1.38. The average Bonchev–Trinajstić information content (AvgIpc) is 3.54. The zero-order chi connectivity index (χ0) is 29.6. The van der Waals surface area contributed by atoms with Gasteiger partial charge in [-0.3, -0.25) is 0 Å². The van der Waals surface area contributed by atoms with Gasteiger partial charge in [0.2, 0.25) is 0 Å². The lowest BCUT2D eigenvalue weighted by Gasteiger charge is -2.53. The minimum atomic E-state index is -2.85. The molecule has 1 amide bonds. The molecular formula is C34H38N4O3Si. The monoisotopic (exact) mass is 578 g/mol. The van der Waals surface area contributed by atoms with Gasteiger partial charge in [-0.05, 0) is 52.9 Å². The van der Waals surface area contributed by atoms with Crippen molar-refractivity contribution in [3.63, 3.8) is 0 Å². The summed E-state index contributed by atoms with van der Waals surface area (Å²) in [6.45, 7) is 10.3. The fraction of sp³-hybridized carbons (Fsp3) is 0.382. The molecule has 8 heteroatoms. The summed E-state index contributed by atoms with van der Waals surface area (Å²) in [7, 11) is -2.85. The van der Waals surface area contributed by atoms with Gasteiger partial charge in [0.05, 0.1) is 41.6 Å². The Kier molecular flexibility index (Phi) is 6.99. The molecule has 1 N–H and O–H groups in total. The topological polar surface area (TPSA) is 89.2 Å². The Morgan fingerprint density at radius 2 is 1.76 bits per heavy atom. The molecule has 3 atom stereocenters. The van der Waals surface area contributed by atoms with Crippen LogP contribution in [0.1, 0.15) is 52.5 Å². The van der Waals surface area contributed by atoms with E-state index >= 15 is 0 Å². The van der Waals surface area contributed by atoms with Gasteiger partial charge in [0.15, 0.2) is 0 Å². The van der Waals surface area contributed by atoms with E-state index in [1.807, 2.05) is 18.5 Å². The maximum atomic E-state index is 12.3. The zero-order valence-corrected chi connectivity index (χ0v) is 25.8. The van der Waals surface area contributed by atoms with Crippen molar-refractivity contribution in [2.75, 3.05) is 6.54 Å². The maximum absolute atomic E-state index is 12.3. The number of nitriles is 1. The van der Waals surface area contributed by atoms with Crippen molar-refractivity contribution in [3.05, 3.63) is 90.8 Å². The molecule has 0 unspecified atom stereocenters. The van der Waals surface area contributed by atoms with E-state index in [1.165, 1.54) is 10.4 Å². The third kappa shape index (κ3) is 4.81. The highest BCUT2D eigenvalue weighted by atomic mass is 28.4. The van der Waals surface area contributed by atoms with Gasteiger partial charge in [-0.1, -0.05) is 88.4 Å². The summed E-state index contributed by atoms with van der Waals surface area (Å²) in [6, 6.07) is 29.3. The number of carbonyl (C=O) groups is 1. The quantitative estimate of drug-likeness (QED) is 0.304. The first-order valence-electron chi connectivity index (χ1n) is 14.7. The number of hydrogen-bond acceptors (Lipinski definition) is 5. The third-order valence-electron chi connectivity index (χ3n) is 9.25. The van der Waals surface area contributed by atoms with Crippen LogP contribution in [-0.2, 0) is 15.7 Å². The highest BCUT2D eigenvalue weighted by Crippen LogP contribution is 2.50. The lowest BCUT2D eigenvalue weighted by molar-refractivity contribution is -0.0880. The van der Waals surface area contributed by atoms with Crippen LogP contribution in [0.4, 0.5) is 4.79 Å². The predicted octanol–water partition coefficient (Wildman–Crippen LogP) is 5.52. The second-order valence-electron chi connectivity index (χ2n) is 13.3. The molecule has 2 heterocycles. The lowest BCUT2D eigenvalue weighted by Crippen LogP contribution is -2.69. The molecule has 2 aliphatic rings. The summed E-state index contributed by atoms with van der Waals surface area (Å²) >= 11 is 0. The fourth-order valence-electron chi connectivity index (χ4n) is 7.33. The van der Waals surface area contributed by atoms with Crippen molar-refractivity contribution in [3.8, 4) is 6.07 Å². The number of aromatic nitrogens is 2. The number of amides is 1. The van der Waals surface area contributed by atoms with Gasteiger partial charge < -0.3 is 19.0 Å². The molecule has 1 saturated carbocycles. The van der Waals surface area contributed by atoms with Crippen LogP contribution in [0.3, 0.4) is 0 Å². The number of nitrogens with one attached hydrogen (secondary N) is 1. The molecule has 1 aliphatic heterocycles. The van der Waals surface area contributed by atoms with Crippen molar-refractivity contribution >= 4 is 35.8 Å². The van der Waals surface area contributed by atoms with Crippen molar-refractivity contribution in [1.82, 2.24) is 14.9 Å². The van der Waals surface area contributed by atoms with Crippen LogP contribution >= 0.6 is 0 Å². The minimum absolute atomic E-state index is 0.120. The fourth-order valence-corrected chi connectivity index (χ4v) is 12.2. The first-order valence-corrected chi connectivity index (χ1v) is 16.6. The molecule has 1 spiro atoms. The zero-order valence-electron chi connectivity index (χ0n) is 24.8. The molecule has 0 radical (unpaired) electrons. The predicted molar refractivity (Wildman–Crippen MR) is 166 cm³/mol. The Bertz CT molecular complexity index is 1600. The van der Waals surface area contributed by atoms with E-state index in [0.717, 1.165) is 23.9 Å². The summed E-state index contributed by atoms with van der Waals surface area (Å²) < 4.78 is 15.9. The van der Waals surface area contributed by atoms with Crippen LogP contribution in [0.2, 0.25) is 5.04 Å². The number of carbonyl (C=O) groups excluding carboxylic acids is 1. The molecule has 42 heavy (non-hydrogen) atoms. The Labute approximate surface area is 248 Å². The van der Waals surface area contributed by atoms with Gasteiger partial charge >= 0.3 is 6.09 Å². The smallest absolute Gasteiger partial charge is 0.407 e. The number of nitrogens with zero attached hydrogens (tertiary/aromatic N) is 3. The van der Waals surface area contributed by atoms with E-state index in [0.29, 0.717) is 25.1 Å². The second kappa shape index (κ2) is 10.4. The van der Waals surface area contributed by atoms with E-state index in [9.17, 15) is 10.1 Å². The average molecular weight is 579 g/mol. The van der Waals surface area contributed by atoms with Crippen molar-refractivity contribution in [1.29, 1.82) is 5.26 Å². The Balaban J connectivity index is 1.48. The van der Waals surface area contributed by atoms with E-state index in [2.05, 4.69) is 109 Å². The third-order valence-corrected chi connectivity index (χ3v) is 14.3. The van der Waals surface area contributed by atoms with Crippen molar-refractivity contribution < 1.29 is 14.0 Å². The summed E-state index contributed by atoms with van der Waals surface area (Å²) in [6.07, 6.45) is 3.52. The Morgan fingerprint density at radius 3 is 2.33 bits per heavy atom. The van der Waals surface area contributed by atoms with Crippen LogP contribution in [0.5, 0.6) is 0 Å². The largest absolute Gasteiger partial charge is 0.441 e. The van der Waals surface area contributed by atoms with E-state index < -0.39 is 19.3 Å². The van der Waals surface area contributed by atoms with Crippen LogP contribution < -0.4 is 15.7 Å². The lowest BCUT2D eigenvalue weighted by atomic mass is 9.66. The molecule has 1 saturated heterocycles. The highest BCUT2D eigenvalue weighted by molar-refractivity contribution is 6.99. The number of imidazole rings is 1. The van der Waals surface area contributed by atoms with Crippen LogP contribution in [0.25, 0.3) is 11.0 Å². The number of rotatable bonds is 6. The molecule has 6 rings (SSSR count). The van der Waals surface area contributed by atoms with E-state index in [-0.39, 0.29) is 17.2 Å². The second-order valence-corrected chi connectivity index (χ2v) is 17.5. The first-order chi connectivity index (χ1) is 20.1. The van der Waals surface area contributed by atoms with Crippen LogP contribution in [0, 0.1) is 16.7 Å². The molecule has 0 bridgehead atoms. The summed E-state index contributed by atoms with van der Waals surface area (Å²) in [4.78, 5) is 16.9. The number of ether oxygens (including phenoxy) is 1. The SMILES string of the molecule is CC(C)(C)[Si](O[C@@H]1CC[C@@]2(CNC(=O)O2)C[C@@]1(C)Cn1cnc2ccc(C#N)cc21)(c1ccccc1)c1ccccc1. The van der Waals surface area contributed by atoms with E-state index in [1.54, 1.807) is 6.07 Å². The summed E-state index contributed by atoms with van der Waals surface area (Å²) in [5.74, 6) is 0.